The molecule has 4 nitrogen and oxygen atoms in total. The summed E-state index contributed by atoms with van der Waals surface area (Å²) in [6.45, 7) is 8.22. The van der Waals surface area contributed by atoms with Gasteiger partial charge in [0.25, 0.3) is 5.22 Å². The van der Waals surface area contributed by atoms with Crippen molar-refractivity contribution < 1.29 is 22.4 Å². The largest absolute Gasteiger partial charge is 0.431 e. The smallest absolute Gasteiger partial charge is 0.420 e. The van der Waals surface area contributed by atoms with Gasteiger partial charge in [0.05, 0.1) is 5.75 Å². The Bertz CT molecular complexity index is 1030. The number of benzene rings is 2. The van der Waals surface area contributed by atoms with Gasteiger partial charge < -0.3 is 9.73 Å². The molecule has 3 rings (SSSR count). The van der Waals surface area contributed by atoms with Crippen LogP contribution in [-0.2, 0) is 11.0 Å². The summed E-state index contributed by atoms with van der Waals surface area (Å²) >= 11 is 0.964. The number of nitrogens with one attached hydrogen (secondary N) is 1. The van der Waals surface area contributed by atoms with Crippen molar-refractivity contribution in [1.82, 2.24) is 4.98 Å². The number of thioether (sulfide) groups is 1. The maximum Gasteiger partial charge on any atom is 0.420 e. The van der Waals surface area contributed by atoms with Gasteiger partial charge in [-0.2, -0.15) is 13.2 Å². The fourth-order valence-corrected chi connectivity index (χ4v) is 3.84. The molecule has 0 aliphatic rings. The Kier molecular flexibility index (Phi) is 6.45. The summed E-state index contributed by atoms with van der Waals surface area (Å²) in [6.07, 6.45) is -4.54. The summed E-state index contributed by atoms with van der Waals surface area (Å²) in [5.41, 5.74) is 1.79. The molecular formula is C22H23F3N2O2S. The second kappa shape index (κ2) is 8.71. The monoisotopic (exact) mass is 436 g/mol. The van der Waals surface area contributed by atoms with Crippen LogP contribution in [0, 0.1) is 0 Å². The summed E-state index contributed by atoms with van der Waals surface area (Å²) in [6, 6.07) is 9.63. The van der Waals surface area contributed by atoms with E-state index in [9.17, 15) is 18.0 Å². The van der Waals surface area contributed by atoms with Crippen LogP contribution in [0.2, 0.25) is 0 Å². The van der Waals surface area contributed by atoms with E-state index in [2.05, 4.69) is 38.0 Å². The molecule has 160 valence electrons. The Morgan fingerprint density at radius 2 is 1.67 bits per heavy atom. The molecule has 3 aromatic rings. The zero-order valence-electron chi connectivity index (χ0n) is 17.1. The number of aromatic nitrogens is 1. The molecule has 0 spiro atoms. The van der Waals surface area contributed by atoms with E-state index in [0.29, 0.717) is 0 Å². The standard InChI is InChI=1S/C22H23F3N2O2S/c1-12(2)14-7-5-8-15(13(3)4)19(14)27-18(28)11-30-21-26-17-10-6-9-16(20(17)29-21)22(23,24)25/h5-10,12-13H,11H2,1-4H3,(H,27,28). The van der Waals surface area contributed by atoms with Crippen molar-refractivity contribution in [2.24, 2.45) is 0 Å². The second-order valence-electron chi connectivity index (χ2n) is 7.59. The minimum Gasteiger partial charge on any atom is -0.431 e. The summed E-state index contributed by atoms with van der Waals surface area (Å²) in [5, 5.41) is 3.00. The Labute approximate surface area is 177 Å². The number of halogens is 3. The zero-order valence-corrected chi connectivity index (χ0v) is 17.9. The SMILES string of the molecule is CC(C)c1cccc(C(C)C)c1NC(=O)CSc1nc2cccc(C(F)(F)F)c2o1. The third-order valence-electron chi connectivity index (χ3n) is 4.66. The van der Waals surface area contributed by atoms with Gasteiger partial charge in [-0.15, -0.1) is 0 Å². The maximum atomic E-state index is 13.1. The third kappa shape index (κ3) is 4.80. The van der Waals surface area contributed by atoms with Crippen LogP contribution in [0.3, 0.4) is 0 Å². The van der Waals surface area contributed by atoms with Gasteiger partial charge in [0.2, 0.25) is 5.91 Å². The fourth-order valence-electron chi connectivity index (χ4n) is 3.21. The third-order valence-corrected chi connectivity index (χ3v) is 5.49. The number of carbonyl (C=O) groups excluding carboxylic acids is 1. The molecule has 0 radical (unpaired) electrons. The van der Waals surface area contributed by atoms with E-state index in [1.54, 1.807) is 0 Å². The second-order valence-corrected chi connectivity index (χ2v) is 8.52. The molecule has 0 saturated carbocycles. The predicted octanol–water partition coefficient (Wildman–Crippen LogP) is 6.82. The topological polar surface area (TPSA) is 55.1 Å². The van der Waals surface area contributed by atoms with Gasteiger partial charge in [-0.3, -0.25) is 4.79 Å². The molecule has 0 bridgehead atoms. The first kappa shape index (κ1) is 22.2. The van der Waals surface area contributed by atoms with Gasteiger partial charge in [0, 0.05) is 5.69 Å². The molecule has 1 aromatic heterocycles. The summed E-state index contributed by atoms with van der Waals surface area (Å²) < 4.78 is 44.7. The van der Waals surface area contributed by atoms with E-state index >= 15 is 0 Å². The van der Waals surface area contributed by atoms with E-state index in [-0.39, 0.29) is 39.8 Å². The quantitative estimate of drug-likeness (QED) is 0.431. The van der Waals surface area contributed by atoms with Gasteiger partial charge in [0.15, 0.2) is 5.58 Å². The predicted molar refractivity (Wildman–Crippen MR) is 113 cm³/mol. The van der Waals surface area contributed by atoms with Crippen LogP contribution < -0.4 is 5.32 Å². The van der Waals surface area contributed by atoms with Gasteiger partial charge in [-0.05, 0) is 35.1 Å². The van der Waals surface area contributed by atoms with Crippen molar-refractivity contribution in [3.8, 4) is 0 Å². The van der Waals surface area contributed by atoms with Gasteiger partial charge in [0.1, 0.15) is 11.1 Å². The first-order chi connectivity index (χ1) is 14.1. The van der Waals surface area contributed by atoms with Crippen LogP contribution in [-0.4, -0.2) is 16.6 Å². The highest BCUT2D eigenvalue weighted by Gasteiger charge is 2.34. The van der Waals surface area contributed by atoms with Gasteiger partial charge in [-0.1, -0.05) is 63.7 Å². The fraction of sp³-hybridized carbons (Fsp3) is 0.364. The first-order valence-electron chi connectivity index (χ1n) is 9.60. The zero-order chi connectivity index (χ0) is 22.1. The molecule has 1 N–H and O–H groups in total. The van der Waals surface area contributed by atoms with Crippen molar-refractivity contribution in [1.29, 1.82) is 0 Å². The Morgan fingerprint density at radius 3 is 2.23 bits per heavy atom. The molecule has 2 aromatic carbocycles. The van der Waals surface area contributed by atoms with Crippen LogP contribution in [0.25, 0.3) is 11.1 Å². The number of carbonyl (C=O) groups is 1. The molecule has 0 saturated heterocycles. The molecular weight excluding hydrogens is 413 g/mol. The number of hydrogen-bond donors (Lipinski definition) is 1. The molecule has 1 heterocycles. The van der Waals surface area contributed by atoms with E-state index in [0.717, 1.165) is 34.6 Å². The number of fused-ring (bicyclic) bond motifs is 1. The minimum atomic E-state index is -4.54. The van der Waals surface area contributed by atoms with Gasteiger partial charge in [-0.25, -0.2) is 4.98 Å². The van der Waals surface area contributed by atoms with Crippen molar-refractivity contribution in [3.05, 3.63) is 53.1 Å². The number of nitrogens with zero attached hydrogens (tertiary/aromatic N) is 1. The Morgan fingerprint density at radius 1 is 1.07 bits per heavy atom. The Hall–Kier alpha value is -2.48. The maximum absolute atomic E-state index is 13.1. The van der Waals surface area contributed by atoms with Gasteiger partial charge >= 0.3 is 6.18 Å². The van der Waals surface area contributed by atoms with Crippen molar-refractivity contribution in [2.45, 2.75) is 50.9 Å². The number of rotatable bonds is 6. The average Bonchev–Trinajstić information content (AvgIpc) is 3.08. The number of hydrogen-bond acceptors (Lipinski definition) is 4. The van der Waals surface area contributed by atoms with E-state index in [4.69, 9.17) is 4.42 Å². The summed E-state index contributed by atoms with van der Waals surface area (Å²) in [5.74, 6) is 0.153. The van der Waals surface area contributed by atoms with Crippen molar-refractivity contribution in [3.63, 3.8) is 0 Å². The van der Waals surface area contributed by atoms with Crippen LogP contribution in [0.15, 0.2) is 46.0 Å². The Balaban J connectivity index is 1.78. The molecule has 30 heavy (non-hydrogen) atoms. The summed E-state index contributed by atoms with van der Waals surface area (Å²) in [4.78, 5) is 16.7. The molecule has 0 unspecified atom stereocenters. The lowest BCUT2D eigenvalue weighted by atomic mass is 9.92. The highest BCUT2D eigenvalue weighted by atomic mass is 32.2. The van der Waals surface area contributed by atoms with E-state index in [1.165, 1.54) is 12.1 Å². The number of alkyl halides is 3. The number of amides is 1. The molecule has 1 amide bonds. The van der Waals surface area contributed by atoms with Crippen LogP contribution in [0.5, 0.6) is 0 Å². The molecule has 0 fully saturated rings. The normalized spacial score (nSPS) is 12.2. The van der Waals surface area contributed by atoms with Crippen LogP contribution >= 0.6 is 11.8 Å². The lowest BCUT2D eigenvalue weighted by Crippen LogP contribution is -2.17. The van der Waals surface area contributed by atoms with E-state index in [1.807, 2.05) is 18.2 Å². The lowest BCUT2D eigenvalue weighted by molar-refractivity contribution is -0.136. The molecule has 0 atom stereocenters. The number of oxazole rings is 1. The minimum absolute atomic E-state index is 0.0260. The van der Waals surface area contributed by atoms with Crippen LogP contribution in [0.4, 0.5) is 18.9 Å². The highest BCUT2D eigenvalue weighted by Crippen LogP contribution is 2.37. The molecule has 8 heteroatoms. The summed E-state index contributed by atoms with van der Waals surface area (Å²) in [7, 11) is 0. The molecule has 0 aliphatic heterocycles. The van der Waals surface area contributed by atoms with E-state index < -0.39 is 11.7 Å². The first-order valence-corrected chi connectivity index (χ1v) is 10.6. The lowest BCUT2D eigenvalue weighted by Gasteiger charge is -2.20. The van der Waals surface area contributed by atoms with Crippen molar-refractivity contribution in [2.75, 3.05) is 11.1 Å². The molecule has 0 aliphatic carbocycles. The number of anilines is 1. The van der Waals surface area contributed by atoms with Crippen molar-refractivity contribution >= 4 is 34.5 Å². The number of para-hydroxylation sites is 2. The van der Waals surface area contributed by atoms with Crippen LogP contribution in [0.1, 0.15) is 56.2 Å². The highest BCUT2D eigenvalue weighted by molar-refractivity contribution is 7.99. The average molecular weight is 436 g/mol.